The van der Waals surface area contributed by atoms with Gasteiger partial charge in [0.1, 0.15) is 9.33 Å². The second-order valence-corrected chi connectivity index (χ2v) is 10.4. The van der Waals surface area contributed by atoms with Gasteiger partial charge in [0.2, 0.25) is 10.7 Å². The van der Waals surface area contributed by atoms with Crippen molar-refractivity contribution >= 4 is 63.2 Å². The van der Waals surface area contributed by atoms with E-state index in [1.165, 1.54) is 28.0 Å². The molecule has 0 aromatic carbocycles. The molecule has 0 aliphatic carbocycles. The number of amides is 2. The van der Waals surface area contributed by atoms with Gasteiger partial charge in [0.15, 0.2) is 0 Å². The Hall–Kier alpha value is -1.23. The summed E-state index contributed by atoms with van der Waals surface area (Å²) >= 11 is 9.70. The van der Waals surface area contributed by atoms with Gasteiger partial charge in [-0.2, -0.15) is 10.1 Å². The number of nitrogens with one attached hydrogen (secondary N) is 1. The van der Waals surface area contributed by atoms with E-state index >= 15 is 0 Å². The fraction of sp³-hybridized carbons (Fsp3) is 0.471. The SMILES string of the molecule is CC(C)Cc1n[nH]/c(=N\C(=O)CCN2C(=O)/C(=C\C3CC=CS3)SC2=S)s1. The molecule has 2 amide bonds. The number of thioether (sulfide) groups is 2. The lowest BCUT2D eigenvalue weighted by atomic mass is 10.1. The number of thiocarbonyl (C=S) groups is 1. The van der Waals surface area contributed by atoms with E-state index in [0.717, 1.165) is 17.8 Å². The average Bonchev–Trinajstić information content (AvgIpc) is 3.30. The molecule has 1 aromatic rings. The number of nitrogens with zero attached hydrogens (tertiary/aromatic N) is 3. The van der Waals surface area contributed by atoms with Crippen molar-refractivity contribution in [3.05, 3.63) is 32.3 Å². The maximum absolute atomic E-state index is 12.5. The predicted octanol–water partition coefficient (Wildman–Crippen LogP) is 3.25. The first kappa shape index (κ1) is 20.5. The third-order valence-corrected chi connectivity index (χ3v) is 7.07. The summed E-state index contributed by atoms with van der Waals surface area (Å²) in [6.45, 7) is 4.47. The van der Waals surface area contributed by atoms with E-state index in [9.17, 15) is 9.59 Å². The molecule has 3 heterocycles. The molecule has 2 aliphatic rings. The van der Waals surface area contributed by atoms with Crippen LogP contribution in [0.25, 0.3) is 0 Å². The van der Waals surface area contributed by atoms with Gasteiger partial charge in [0.25, 0.3) is 5.91 Å². The zero-order chi connectivity index (χ0) is 19.4. The van der Waals surface area contributed by atoms with Gasteiger partial charge in [0, 0.05) is 24.6 Å². The maximum Gasteiger partial charge on any atom is 0.265 e. The van der Waals surface area contributed by atoms with Crippen LogP contribution in [-0.2, 0) is 16.0 Å². The maximum atomic E-state index is 12.5. The fourth-order valence-electron chi connectivity index (χ4n) is 2.51. The van der Waals surface area contributed by atoms with Crippen LogP contribution in [0.15, 0.2) is 27.5 Å². The standard InChI is InChI=1S/C17H20N4O2S4/c1-10(2)8-14-19-20-16(27-14)18-13(22)5-6-21-15(23)12(26-17(21)24)9-11-4-3-7-25-11/h3,7,9-11H,4-6,8H2,1-2H3,(H,18,20,22)/b12-9+. The normalized spacial score (nSPS) is 22.0. The van der Waals surface area contributed by atoms with Gasteiger partial charge in [0.05, 0.1) is 4.91 Å². The zero-order valence-electron chi connectivity index (χ0n) is 15.0. The van der Waals surface area contributed by atoms with Crippen LogP contribution in [0.1, 0.15) is 31.7 Å². The smallest absolute Gasteiger partial charge is 0.265 e. The third-order valence-electron chi connectivity index (χ3n) is 3.78. The lowest BCUT2D eigenvalue weighted by Gasteiger charge is -2.12. The Bertz CT molecular complexity index is 860. The van der Waals surface area contributed by atoms with Crippen LogP contribution >= 0.6 is 47.1 Å². The third kappa shape index (κ3) is 5.63. The van der Waals surface area contributed by atoms with Crippen LogP contribution in [-0.4, -0.2) is 43.0 Å². The summed E-state index contributed by atoms with van der Waals surface area (Å²) in [5.74, 6) is 0.0851. The zero-order valence-corrected chi connectivity index (χ0v) is 18.3. The Kier molecular flexibility index (Phi) is 7.07. The van der Waals surface area contributed by atoms with Crippen LogP contribution in [0.4, 0.5) is 0 Å². The van der Waals surface area contributed by atoms with Crippen molar-refractivity contribution in [1.29, 1.82) is 0 Å². The van der Waals surface area contributed by atoms with Crippen LogP contribution in [0.3, 0.4) is 0 Å². The first-order valence-corrected chi connectivity index (χ1v) is 11.6. The highest BCUT2D eigenvalue weighted by atomic mass is 32.2. The number of hydrogen-bond acceptors (Lipinski definition) is 7. The van der Waals surface area contributed by atoms with E-state index in [0.29, 0.717) is 19.9 Å². The van der Waals surface area contributed by atoms with Gasteiger partial charge >= 0.3 is 0 Å². The van der Waals surface area contributed by atoms with Crippen molar-refractivity contribution in [2.75, 3.05) is 6.54 Å². The summed E-state index contributed by atoms with van der Waals surface area (Å²) in [7, 11) is 0. The number of aromatic amines is 1. The lowest BCUT2D eigenvalue weighted by molar-refractivity contribution is -0.123. The molecule has 6 nitrogen and oxygen atoms in total. The molecule has 0 spiro atoms. The molecule has 27 heavy (non-hydrogen) atoms. The molecule has 10 heteroatoms. The molecule has 1 unspecified atom stereocenters. The van der Waals surface area contributed by atoms with Gasteiger partial charge in [-0.25, -0.2) is 0 Å². The van der Waals surface area contributed by atoms with E-state index < -0.39 is 0 Å². The molecule has 144 valence electrons. The van der Waals surface area contributed by atoms with Gasteiger partial charge in [-0.3, -0.25) is 19.6 Å². The topological polar surface area (TPSA) is 78.4 Å². The quantitative estimate of drug-likeness (QED) is 0.540. The average molecular weight is 441 g/mol. The Balaban J connectivity index is 1.56. The number of rotatable bonds is 6. The van der Waals surface area contributed by atoms with Crippen molar-refractivity contribution in [1.82, 2.24) is 15.1 Å². The van der Waals surface area contributed by atoms with E-state index in [-0.39, 0.29) is 30.0 Å². The summed E-state index contributed by atoms with van der Waals surface area (Å²) in [4.78, 5) is 31.4. The number of allylic oxidation sites excluding steroid dienone is 1. The molecule has 2 aliphatic heterocycles. The summed E-state index contributed by atoms with van der Waals surface area (Å²) < 4.78 is 0.499. The molecule has 1 N–H and O–H groups in total. The van der Waals surface area contributed by atoms with Crippen molar-refractivity contribution in [3.63, 3.8) is 0 Å². The number of carbonyl (C=O) groups excluding carboxylic acids is 2. The van der Waals surface area contributed by atoms with E-state index in [1.807, 2.05) is 11.5 Å². The van der Waals surface area contributed by atoms with Gasteiger partial charge in [-0.15, -0.1) is 11.8 Å². The molecule has 1 fully saturated rings. The molecule has 1 saturated heterocycles. The van der Waals surface area contributed by atoms with E-state index in [2.05, 4.69) is 35.1 Å². The second-order valence-electron chi connectivity index (χ2n) is 6.52. The Morgan fingerprint density at radius 1 is 1.56 bits per heavy atom. The Morgan fingerprint density at radius 3 is 3.07 bits per heavy atom. The highest BCUT2D eigenvalue weighted by molar-refractivity contribution is 8.26. The van der Waals surface area contributed by atoms with Gasteiger partial charge < -0.3 is 0 Å². The van der Waals surface area contributed by atoms with Crippen LogP contribution in [0.5, 0.6) is 0 Å². The number of H-pyrrole nitrogens is 1. The molecule has 1 aromatic heterocycles. The lowest BCUT2D eigenvalue weighted by Crippen LogP contribution is -2.30. The largest absolute Gasteiger partial charge is 0.292 e. The predicted molar refractivity (Wildman–Crippen MR) is 115 cm³/mol. The van der Waals surface area contributed by atoms with Crippen molar-refractivity contribution in [3.8, 4) is 0 Å². The van der Waals surface area contributed by atoms with Crippen molar-refractivity contribution < 1.29 is 9.59 Å². The molecule has 1 atom stereocenters. The fourth-order valence-corrected chi connectivity index (χ4v) is 5.78. The monoisotopic (exact) mass is 440 g/mol. The minimum atomic E-state index is -0.292. The molecular weight excluding hydrogens is 420 g/mol. The Labute approximate surface area is 175 Å². The summed E-state index contributed by atoms with van der Waals surface area (Å²) in [6.07, 6.45) is 5.97. The molecule has 0 saturated carbocycles. The minimum Gasteiger partial charge on any atom is -0.292 e. The number of carbonyl (C=O) groups is 2. The molecule has 0 bridgehead atoms. The molecular formula is C17H20N4O2S4. The van der Waals surface area contributed by atoms with E-state index in [4.69, 9.17) is 12.2 Å². The van der Waals surface area contributed by atoms with Crippen LogP contribution in [0.2, 0.25) is 0 Å². The first-order valence-electron chi connectivity index (χ1n) is 8.60. The highest BCUT2D eigenvalue weighted by Gasteiger charge is 2.32. The molecule has 0 radical (unpaired) electrons. The number of aromatic nitrogens is 2. The van der Waals surface area contributed by atoms with Crippen LogP contribution < -0.4 is 4.80 Å². The number of hydrogen-bond donors (Lipinski definition) is 1. The van der Waals surface area contributed by atoms with Crippen molar-refractivity contribution in [2.24, 2.45) is 10.9 Å². The van der Waals surface area contributed by atoms with E-state index in [1.54, 1.807) is 11.8 Å². The first-order chi connectivity index (χ1) is 12.9. The van der Waals surface area contributed by atoms with Gasteiger partial charge in [-0.05, 0) is 17.7 Å². The summed E-state index contributed by atoms with van der Waals surface area (Å²) in [5.41, 5.74) is 0. The second kappa shape index (κ2) is 9.31. The minimum absolute atomic E-state index is 0.117. The summed E-state index contributed by atoms with van der Waals surface area (Å²) in [5, 5.41) is 10.2. The van der Waals surface area contributed by atoms with Gasteiger partial charge in [-0.1, -0.05) is 61.3 Å². The molecule has 3 rings (SSSR count). The summed E-state index contributed by atoms with van der Waals surface area (Å²) in [6, 6.07) is 0. The van der Waals surface area contributed by atoms with Crippen molar-refractivity contribution in [2.45, 2.75) is 38.4 Å². The highest BCUT2D eigenvalue weighted by Crippen LogP contribution is 2.35. The van der Waals surface area contributed by atoms with Crippen LogP contribution in [0, 0.1) is 5.92 Å². The Morgan fingerprint density at radius 2 is 2.37 bits per heavy atom.